The van der Waals surface area contributed by atoms with Crippen molar-refractivity contribution in [2.24, 2.45) is 0 Å². The Labute approximate surface area is 154 Å². The van der Waals surface area contributed by atoms with Crippen molar-refractivity contribution in [2.75, 3.05) is 10.6 Å². The lowest BCUT2D eigenvalue weighted by atomic mass is 10.2. The molecule has 4 heteroatoms. The summed E-state index contributed by atoms with van der Waals surface area (Å²) in [6.45, 7) is 0.938. The lowest BCUT2D eigenvalue weighted by Gasteiger charge is -2.08. The monoisotopic (exact) mass is 346 g/mol. The molecule has 1 aromatic heterocycles. The summed E-state index contributed by atoms with van der Waals surface area (Å²) in [4.78, 5) is 12.1. The number of anilines is 3. The maximum atomic E-state index is 12.1. The predicted octanol–water partition coefficient (Wildman–Crippen LogP) is 4.53. The molecule has 3 aromatic rings. The van der Waals surface area contributed by atoms with Crippen LogP contribution >= 0.6 is 0 Å². The van der Waals surface area contributed by atoms with Crippen molar-refractivity contribution in [3.05, 3.63) is 85.2 Å². The smallest absolute Gasteiger partial charge is 0.224 e. The maximum absolute atomic E-state index is 12.1. The Morgan fingerprint density at radius 2 is 1.35 bits per heavy atom. The number of hydrogen-bond donors (Lipinski definition) is 2. The first-order chi connectivity index (χ1) is 12.8. The Kier molecular flexibility index (Phi) is 6.37. The average molecular weight is 346 g/mol. The van der Waals surface area contributed by atoms with E-state index in [0.717, 1.165) is 36.4 Å². The van der Waals surface area contributed by atoms with Crippen LogP contribution in [0.5, 0.6) is 0 Å². The number of hydrogen-bond acceptors (Lipinski definition) is 2. The average Bonchev–Trinajstić information content (AvgIpc) is 2.68. The quantitative estimate of drug-likeness (QED) is 0.465. The van der Waals surface area contributed by atoms with Gasteiger partial charge in [-0.25, -0.2) is 4.57 Å². The SMILES string of the molecule is O=C(CCCC[n+]1ccccc1)Nc1ccc(Nc2ccccc2)cc1. The Morgan fingerprint density at radius 1 is 0.731 bits per heavy atom. The summed E-state index contributed by atoms with van der Waals surface area (Å²) < 4.78 is 2.14. The minimum Gasteiger partial charge on any atom is -0.356 e. The van der Waals surface area contributed by atoms with Crippen LogP contribution in [0.3, 0.4) is 0 Å². The number of aryl methyl sites for hydroxylation is 1. The van der Waals surface area contributed by atoms with Crippen molar-refractivity contribution < 1.29 is 9.36 Å². The molecule has 0 radical (unpaired) electrons. The van der Waals surface area contributed by atoms with Gasteiger partial charge in [0.2, 0.25) is 5.91 Å². The fourth-order valence-electron chi connectivity index (χ4n) is 2.71. The second kappa shape index (κ2) is 9.37. The molecule has 26 heavy (non-hydrogen) atoms. The number of para-hydroxylation sites is 1. The molecule has 0 unspecified atom stereocenters. The zero-order valence-corrected chi connectivity index (χ0v) is 14.8. The van der Waals surface area contributed by atoms with E-state index in [1.165, 1.54) is 0 Å². The first kappa shape index (κ1) is 17.7. The van der Waals surface area contributed by atoms with E-state index in [1.807, 2.05) is 85.2 Å². The van der Waals surface area contributed by atoms with Crippen LogP contribution < -0.4 is 15.2 Å². The highest BCUT2D eigenvalue weighted by Gasteiger charge is 2.04. The number of nitrogens with one attached hydrogen (secondary N) is 2. The molecule has 0 fully saturated rings. The Hall–Kier alpha value is -3.14. The standard InChI is InChI=1S/C22H23N3O/c26-22(11-5-8-18-25-16-6-2-7-17-25)24-21-14-12-20(13-15-21)23-19-9-3-1-4-10-19/h1-4,6-7,9-10,12-17,23H,5,8,11,18H2/p+1. The van der Waals surface area contributed by atoms with Crippen LogP contribution in [-0.2, 0) is 11.3 Å². The predicted molar refractivity (Wildman–Crippen MR) is 105 cm³/mol. The number of aromatic nitrogens is 1. The van der Waals surface area contributed by atoms with Crippen LogP contribution in [-0.4, -0.2) is 5.91 Å². The minimum atomic E-state index is 0.0619. The molecular weight excluding hydrogens is 322 g/mol. The van der Waals surface area contributed by atoms with Crippen LogP contribution in [0.2, 0.25) is 0 Å². The van der Waals surface area contributed by atoms with Crippen LogP contribution in [0.15, 0.2) is 85.2 Å². The van der Waals surface area contributed by atoms with Crippen LogP contribution in [0.1, 0.15) is 19.3 Å². The first-order valence-corrected chi connectivity index (χ1v) is 8.96. The molecule has 3 rings (SSSR count). The molecule has 0 bridgehead atoms. The van der Waals surface area contributed by atoms with E-state index in [0.29, 0.717) is 6.42 Å². The normalized spacial score (nSPS) is 10.3. The van der Waals surface area contributed by atoms with Crippen LogP contribution in [0.4, 0.5) is 17.1 Å². The first-order valence-electron chi connectivity index (χ1n) is 8.96. The van der Waals surface area contributed by atoms with Gasteiger partial charge in [-0.2, -0.15) is 0 Å². The van der Waals surface area contributed by atoms with E-state index in [9.17, 15) is 4.79 Å². The third-order valence-electron chi connectivity index (χ3n) is 4.08. The number of benzene rings is 2. The molecule has 1 amide bonds. The van der Waals surface area contributed by atoms with Crippen molar-refractivity contribution in [3.63, 3.8) is 0 Å². The second-order valence-electron chi connectivity index (χ2n) is 6.19. The highest BCUT2D eigenvalue weighted by atomic mass is 16.1. The molecule has 0 aliphatic rings. The molecule has 0 aliphatic carbocycles. The summed E-state index contributed by atoms with van der Waals surface area (Å²) in [6.07, 6.45) is 6.50. The van der Waals surface area contributed by atoms with E-state index >= 15 is 0 Å². The maximum Gasteiger partial charge on any atom is 0.224 e. The molecule has 2 N–H and O–H groups in total. The molecule has 4 nitrogen and oxygen atoms in total. The Bertz CT molecular complexity index is 802. The topological polar surface area (TPSA) is 45.0 Å². The van der Waals surface area contributed by atoms with Gasteiger partial charge in [0.25, 0.3) is 0 Å². The largest absolute Gasteiger partial charge is 0.356 e. The minimum absolute atomic E-state index is 0.0619. The number of carbonyl (C=O) groups excluding carboxylic acids is 1. The Balaban J connectivity index is 1.40. The number of unbranched alkanes of at least 4 members (excludes halogenated alkanes) is 1. The fraction of sp³-hybridized carbons (Fsp3) is 0.182. The van der Waals surface area contributed by atoms with Gasteiger partial charge in [-0.15, -0.1) is 0 Å². The lowest BCUT2D eigenvalue weighted by Crippen LogP contribution is -2.32. The van der Waals surface area contributed by atoms with Crippen LogP contribution in [0, 0.1) is 0 Å². The summed E-state index contributed by atoms with van der Waals surface area (Å²) in [7, 11) is 0. The zero-order chi connectivity index (χ0) is 18.0. The summed E-state index contributed by atoms with van der Waals surface area (Å²) in [5, 5.41) is 6.29. The molecular formula is C22H24N3O+. The van der Waals surface area contributed by atoms with E-state index in [2.05, 4.69) is 15.2 Å². The van der Waals surface area contributed by atoms with Gasteiger partial charge in [0.1, 0.15) is 6.54 Å². The van der Waals surface area contributed by atoms with Gasteiger partial charge >= 0.3 is 0 Å². The van der Waals surface area contributed by atoms with Crippen molar-refractivity contribution in [1.29, 1.82) is 0 Å². The van der Waals surface area contributed by atoms with E-state index in [4.69, 9.17) is 0 Å². The van der Waals surface area contributed by atoms with E-state index in [-0.39, 0.29) is 5.91 Å². The highest BCUT2D eigenvalue weighted by molar-refractivity contribution is 5.90. The van der Waals surface area contributed by atoms with Gasteiger partial charge in [-0.1, -0.05) is 24.3 Å². The number of amides is 1. The van der Waals surface area contributed by atoms with Gasteiger partial charge in [0, 0.05) is 42.0 Å². The second-order valence-corrected chi connectivity index (χ2v) is 6.19. The molecule has 132 valence electrons. The third-order valence-corrected chi connectivity index (χ3v) is 4.08. The van der Waals surface area contributed by atoms with Crippen LogP contribution in [0.25, 0.3) is 0 Å². The van der Waals surface area contributed by atoms with E-state index < -0.39 is 0 Å². The van der Waals surface area contributed by atoms with Gasteiger partial charge in [0.15, 0.2) is 12.4 Å². The molecule has 0 aliphatic heterocycles. The number of pyridine rings is 1. The number of carbonyl (C=O) groups is 1. The van der Waals surface area contributed by atoms with Crippen molar-refractivity contribution in [3.8, 4) is 0 Å². The van der Waals surface area contributed by atoms with Crippen molar-refractivity contribution in [1.82, 2.24) is 0 Å². The van der Waals surface area contributed by atoms with Crippen molar-refractivity contribution in [2.45, 2.75) is 25.8 Å². The van der Waals surface area contributed by atoms with Gasteiger partial charge < -0.3 is 10.6 Å². The molecule has 1 heterocycles. The summed E-state index contributed by atoms with van der Waals surface area (Å²) in [5.74, 6) is 0.0619. The zero-order valence-electron chi connectivity index (χ0n) is 14.8. The fourth-order valence-corrected chi connectivity index (χ4v) is 2.71. The lowest BCUT2D eigenvalue weighted by molar-refractivity contribution is -0.697. The molecule has 0 atom stereocenters. The van der Waals surface area contributed by atoms with Gasteiger partial charge in [-0.05, 0) is 42.8 Å². The van der Waals surface area contributed by atoms with Gasteiger partial charge in [-0.3, -0.25) is 4.79 Å². The molecule has 0 saturated heterocycles. The molecule has 0 saturated carbocycles. The number of nitrogens with zero attached hydrogens (tertiary/aromatic N) is 1. The van der Waals surface area contributed by atoms with E-state index in [1.54, 1.807) is 0 Å². The molecule has 0 spiro atoms. The summed E-state index contributed by atoms with van der Waals surface area (Å²) >= 11 is 0. The third kappa shape index (κ3) is 5.74. The number of rotatable bonds is 8. The molecule has 2 aromatic carbocycles. The summed E-state index contributed by atoms with van der Waals surface area (Å²) in [5.41, 5.74) is 2.86. The van der Waals surface area contributed by atoms with Gasteiger partial charge in [0.05, 0.1) is 0 Å². The summed E-state index contributed by atoms with van der Waals surface area (Å²) in [6, 6.07) is 23.8. The highest BCUT2D eigenvalue weighted by Crippen LogP contribution is 2.18. The Morgan fingerprint density at radius 3 is 2.08 bits per heavy atom. The van der Waals surface area contributed by atoms with Crippen molar-refractivity contribution >= 4 is 23.0 Å².